The number of ether oxygens (including phenoxy) is 1. The van der Waals surface area contributed by atoms with Crippen LogP contribution in [0.1, 0.15) is 10.4 Å². The van der Waals surface area contributed by atoms with Crippen LogP contribution in [0.3, 0.4) is 0 Å². The lowest BCUT2D eigenvalue weighted by molar-refractivity contribution is 0.0287. The van der Waals surface area contributed by atoms with E-state index in [2.05, 4.69) is 26.6 Å². The van der Waals surface area contributed by atoms with Crippen LogP contribution in [-0.2, 0) is 4.74 Å². The molecule has 1 aromatic carbocycles. The number of amides is 1. The Kier molecular flexibility index (Phi) is 4.57. The van der Waals surface area contributed by atoms with E-state index in [4.69, 9.17) is 4.74 Å². The maximum absolute atomic E-state index is 11.9. The summed E-state index contributed by atoms with van der Waals surface area (Å²) in [5, 5.41) is 15.6. The molecule has 5 nitrogen and oxygen atoms in total. The van der Waals surface area contributed by atoms with Crippen molar-refractivity contribution < 1.29 is 14.6 Å². The summed E-state index contributed by atoms with van der Waals surface area (Å²) in [5.41, 5.74) is 0.258. The molecule has 18 heavy (non-hydrogen) atoms. The number of benzene rings is 1. The van der Waals surface area contributed by atoms with Gasteiger partial charge >= 0.3 is 0 Å². The zero-order valence-corrected chi connectivity index (χ0v) is 11.4. The topological polar surface area (TPSA) is 70.6 Å². The second kappa shape index (κ2) is 6.17. The molecule has 6 heteroatoms. The summed E-state index contributed by atoms with van der Waals surface area (Å²) < 4.78 is 6.22. The molecule has 0 bridgehead atoms. The Morgan fingerprint density at radius 1 is 1.61 bits per heavy atom. The molecule has 1 heterocycles. The average Bonchev–Trinajstić information content (AvgIpc) is 2.40. The second-order valence-corrected chi connectivity index (χ2v) is 4.98. The highest BCUT2D eigenvalue weighted by molar-refractivity contribution is 9.10. The zero-order valence-electron chi connectivity index (χ0n) is 9.78. The third-order valence-electron chi connectivity index (χ3n) is 2.70. The molecule has 0 radical (unpaired) electrons. The highest BCUT2D eigenvalue weighted by Gasteiger charge is 2.16. The molecule has 1 unspecified atom stereocenters. The third-order valence-corrected chi connectivity index (χ3v) is 3.19. The van der Waals surface area contributed by atoms with E-state index >= 15 is 0 Å². The van der Waals surface area contributed by atoms with Crippen LogP contribution in [-0.4, -0.2) is 43.4 Å². The van der Waals surface area contributed by atoms with Crippen molar-refractivity contribution >= 4 is 21.8 Å². The van der Waals surface area contributed by atoms with Crippen LogP contribution in [0.4, 0.5) is 0 Å². The lowest BCUT2D eigenvalue weighted by atomic mass is 10.2. The number of halogens is 1. The van der Waals surface area contributed by atoms with Crippen molar-refractivity contribution in [3.8, 4) is 5.75 Å². The molecule has 1 fully saturated rings. The first-order chi connectivity index (χ1) is 8.66. The summed E-state index contributed by atoms with van der Waals surface area (Å²) in [4.78, 5) is 11.9. The number of nitrogens with one attached hydrogen (secondary N) is 2. The monoisotopic (exact) mass is 314 g/mol. The predicted octanol–water partition coefficient (Wildman–Crippen LogP) is 0.873. The van der Waals surface area contributed by atoms with Crippen molar-refractivity contribution in [1.29, 1.82) is 0 Å². The lowest BCUT2D eigenvalue weighted by Crippen LogP contribution is -2.45. The minimum absolute atomic E-state index is 0.0167. The summed E-state index contributed by atoms with van der Waals surface area (Å²) in [6.07, 6.45) is -0.0167. The summed E-state index contributed by atoms with van der Waals surface area (Å²) >= 11 is 3.27. The highest BCUT2D eigenvalue weighted by atomic mass is 79.9. The molecule has 0 aromatic heterocycles. The van der Waals surface area contributed by atoms with Gasteiger partial charge in [0.25, 0.3) is 5.91 Å². The summed E-state index contributed by atoms with van der Waals surface area (Å²) in [5.74, 6) is -0.332. The zero-order chi connectivity index (χ0) is 13.0. The number of morpholine rings is 1. The van der Waals surface area contributed by atoms with E-state index in [9.17, 15) is 9.90 Å². The van der Waals surface area contributed by atoms with Crippen molar-refractivity contribution in [2.24, 2.45) is 0 Å². The number of phenols is 1. The molecule has 0 saturated carbocycles. The van der Waals surface area contributed by atoms with E-state index < -0.39 is 0 Å². The van der Waals surface area contributed by atoms with Crippen molar-refractivity contribution in [3.63, 3.8) is 0 Å². The van der Waals surface area contributed by atoms with Crippen molar-refractivity contribution in [1.82, 2.24) is 10.6 Å². The van der Waals surface area contributed by atoms with Crippen LogP contribution in [0.15, 0.2) is 22.7 Å². The number of carbonyl (C=O) groups excluding carboxylic acids is 1. The van der Waals surface area contributed by atoms with Gasteiger partial charge in [0.2, 0.25) is 0 Å². The number of rotatable bonds is 3. The Balaban J connectivity index is 1.92. The van der Waals surface area contributed by atoms with Crippen LogP contribution in [0.25, 0.3) is 0 Å². The van der Waals surface area contributed by atoms with Gasteiger partial charge in [0.15, 0.2) is 0 Å². The van der Waals surface area contributed by atoms with Crippen LogP contribution in [0, 0.1) is 0 Å². The fraction of sp³-hybridized carbons (Fsp3) is 0.417. The van der Waals surface area contributed by atoms with Gasteiger partial charge in [-0.15, -0.1) is 0 Å². The van der Waals surface area contributed by atoms with Crippen LogP contribution < -0.4 is 10.6 Å². The maximum Gasteiger partial charge on any atom is 0.255 e. The van der Waals surface area contributed by atoms with E-state index in [0.29, 0.717) is 13.2 Å². The standard InChI is InChI=1S/C12H15BrN2O3/c13-8-1-2-11(16)10(5-8)12(17)15-7-9-6-14-3-4-18-9/h1-2,5,9,14,16H,3-4,6-7H2,(H,15,17). The smallest absolute Gasteiger partial charge is 0.255 e. The maximum atomic E-state index is 11.9. The van der Waals surface area contributed by atoms with E-state index in [1.165, 1.54) is 6.07 Å². The number of phenolic OH excluding ortho intramolecular Hbond substituents is 1. The first-order valence-corrected chi connectivity index (χ1v) is 6.55. The molecular weight excluding hydrogens is 300 g/mol. The average molecular weight is 315 g/mol. The number of hydrogen-bond acceptors (Lipinski definition) is 4. The van der Waals surface area contributed by atoms with Crippen molar-refractivity contribution in [3.05, 3.63) is 28.2 Å². The third kappa shape index (κ3) is 3.44. The molecule has 3 N–H and O–H groups in total. The molecular formula is C12H15BrN2O3. The second-order valence-electron chi connectivity index (χ2n) is 4.07. The molecule has 1 aliphatic rings. The summed E-state index contributed by atoms with van der Waals surface area (Å²) in [6.45, 7) is 2.65. The van der Waals surface area contributed by atoms with Gasteiger partial charge in [0.05, 0.1) is 18.3 Å². The first kappa shape index (κ1) is 13.3. The lowest BCUT2D eigenvalue weighted by Gasteiger charge is -2.23. The van der Waals surface area contributed by atoms with Gasteiger partial charge in [-0.05, 0) is 18.2 Å². The number of aromatic hydroxyl groups is 1. The van der Waals surface area contributed by atoms with Gasteiger partial charge in [-0.25, -0.2) is 0 Å². The van der Waals surface area contributed by atoms with Crippen LogP contribution in [0.5, 0.6) is 5.75 Å². The van der Waals surface area contributed by atoms with E-state index in [1.54, 1.807) is 12.1 Å². The summed E-state index contributed by atoms with van der Waals surface area (Å²) in [7, 11) is 0. The minimum Gasteiger partial charge on any atom is -0.507 e. The van der Waals surface area contributed by atoms with Crippen LogP contribution >= 0.6 is 15.9 Å². The molecule has 1 atom stereocenters. The molecule has 1 amide bonds. The Hall–Kier alpha value is -1.11. The van der Waals surface area contributed by atoms with E-state index in [0.717, 1.165) is 17.6 Å². The molecule has 2 rings (SSSR count). The van der Waals surface area contributed by atoms with E-state index in [1.807, 2.05) is 0 Å². The number of hydrogen-bond donors (Lipinski definition) is 3. The Morgan fingerprint density at radius 3 is 3.17 bits per heavy atom. The predicted molar refractivity (Wildman–Crippen MR) is 70.7 cm³/mol. The minimum atomic E-state index is -0.303. The summed E-state index contributed by atoms with van der Waals surface area (Å²) in [6, 6.07) is 4.75. The molecule has 1 saturated heterocycles. The normalized spacial score (nSPS) is 19.5. The highest BCUT2D eigenvalue weighted by Crippen LogP contribution is 2.21. The molecule has 0 aliphatic carbocycles. The van der Waals surface area contributed by atoms with E-state index in [-0.39, 0.29) is 23.3 Å². The fourth-order valence-electron chi connectivity index (χ4n) is 1.74. The van der Waals surface area contributed by atoms with Gasteiger partial charge in [0, 0.05) is 24.1 Å². The number of carbonyl (C=O) groups is 1. The molecule has 1 aliphatic heterocycles. The van der Waals surface area contributed by atoms with Crippen molar-refractivity contribution in [2.75, 3.05) is 26.2 Å². The van der Waals surface area contributed by atoms with Gasteiger partial charge in [-0.3, -0.25) is 4.79 Å². The first-order valence-electron chi connectivity index (χ1n) is 5.76. The van der Waals surface area contributed by atoms with Crippen molar-refractivity contribution in [2.45, 2.75) is 6.10 Å². The largest absolute Gasteiger partial charge is 0.507 e. The van der Waals surface area contributed by atoms with Gasteiger partial charge in [0.1, 0.15) is 5.75 Å². The fourth-order valence-corrected chi connectivity index (χ4v) is 2.10. The quantitative estimate of drug-likeness (QED) is 0.774. The Labute approximate surface area is 114 Å². The molecule has 1 aromatic rings. The van der Waals surface area contributed by atoms with Gasteiger partial charge < -0.3 is 20.5 Å². The molecule has 98 valence electrons. The van der Waals surface area contributed by atoms with Crippen LogP contribution in [0.2, 0.25) is 0 Å². The Morgan fingerprint density at radius 2 is 2.44 bits per heavy atom. The van der Waals surface area contributed by atoms with Gasteiger partial charge in [-0.1, -0.05) is 15.9 Å². The SMILES string of the molecule is O=C(NCC1CNCCO1)c1cc(Br)ccc1O. The molecule has 0 spiro atoms. The van der Waals surface area contributed by atoms with Gasteiger partial charge in [-0.2, -0.15) is 0 Å². The Bertz CT molecular complexity index is 433.